The van der Waals surface area contributed by atoms with Gasteiger partial charge in [-0.15, -0.1) is 0 Å². The summed E-state index contributed by atoms with van der Waals surface area (Å²) in [5.41, 5.74) is 2.32. The largest absolute Gasteiger partial charge is 0.461 e. The summed E-state index contributed by atoms with van der Waals surface area (Å²) >= 11 is 0. The first-order valence-electron chi connectivity index (χ1n) is 9.49. The molecule has 0 amide bonds. The van der Waals surface area contributed by atoms with E-state index in [0.29, 0.717) is 12.2 Å². The number of benzene rings is 2. The Morgan fingerprint density at radius 1 is 1.14 bits per heavy atom. The smallest absolute Gasteiger partial charge is 0.261 e. The predicted molar refractivity (Wildman–Crippen MR) is 116 cm³/mol. The molecule has 3 aromatic rings. The molecule has 2 aromatic carbocycles. The molecule has 1 atom stereocenters. The maximum absolute atomic E-state index is 9.19. The second-order valence-electron chi connectivity index (χ2n) is 7.23. The number of rotatable bonds is 4. The topological polar surface area (TPSA) is 83.1 Å². The summed E-state index contributed by atoms with van der Waals surface area (Å²) in [4.78, 5) is 7.10. The van der Waals surface area contributed by atoms with Crippen LogP contribution in [0.1, 0.15) is 23.7 Å². The molecule has 1 saturated heterocycles. The predicted octanol–water partition coefficient (Wildman–Crippen LogP) is 4.00. The molecule has 0 spiro atoms. The third kappa shape index (κ3) is 6.44. The number of para-hydroxylation sites is 1. The van der Waals surface area contributed by atoms with E-state index in [1.807, 2.05) is 12.1 Å². The molecule has 0 radical (unpaired) electrons. The zero-order valence-electron chi connectivity index (χ0n) is 16.7. The molecule has 0 saturated carbocycles. The lowest BCUT2D eigenvalue weighted by Gasteiger charge is -2.11. The number of likely N-dealkylation sites (N-methyl/N-ethyl adjacent to an activating group) is 1. The highest BCUT2D eigenvalue weighted by molar-refractivity contribution is 7.85. The van der Waals surface area contributed by atoms with Gasteiger partial charge < -0.3 is 9.32 Å². The number of aliphatic imine (C=N–C) groups is 1. The van der Waals surface area contributed by atoms with Crippen molar-refractivity contribution in [3.05, 3.63) is 72.0 Å². The first-order chi connectivity index (χ1) is 13.8. The minimum absolute atomic E-state index is 0.401. The van der Waals surface area contributed by atoms with E-state index in [4.69, 9.17) is 14.0 Å². The van der Waals surface area contributed by atoms with E-state index in [1.54, 1.807) is 0 Å². The molecule has 1 fully saturated rings. The van der Waals surface area contributed by atoms with Crippen molar-refractivity contribution < 1.29 is 17.4 Å². The van der Waals surface area contributed by atoms with E-state index in [0.717, 1.165) is 37.3 Å². The van der Waals surface area contributed by atoms with Crippen molar-refractivity contribution in [3.63, 3.8) is 0 Å². The molecule has 7 heteroatoms. The van der Waals surface area contributed by atoms with Gasteiger partial charge in [-0.1, -0.05) is 48.5 Å². The van der Waals surface area contributed by atoms with Crippen LogP contribution in [0, 0.1) is 0 Å². The van der Waals surface area contributed by atoms with E-state index in [2.05, 4.69) is 60.5 Å². The van der Waals surface area contributed by atoms with Crippen LogP contribution in [0.25, 0.3) is 11.0 Å². The summed E-state index contributed by atoms with van der Waals surface area (Å²) in [6.45, 7) is 1.82. The average molecular weight is 415 g/mol. The van der Waals surface area contributed by atoms with Gasteiger partial charge in [0.2, 0.25) is 0 Å². The fourth-order valence-electron chi connectivity index (χ4n) is 3.41. The molecule has 1 N–H and O–H groups in total. The van der Waals surface area contributed by atoms with E-state index in [-0.39, 0.29) is 0 Å². The van der Waals surface area contributed by atoms with Gasteiger partial charge in [0.1, 0.15) is 11.3 Å². The number of hydrogen-bond acceptors (Lipinski definition) is 4. The Balaban J connectivity index is 0.000000431. The maximum atomic E-state index is 9.19. The highest BCUT2D eigenvalue weighted by atomic mass is 32.2. The number of nitrogens with zero attached hydrogens (tertiary/aromatic N) is 2. The van der Waals surface area contributed by atoms with Crippen molar-refractivity contribution in [2.75, 3.05) is 26.4 Å². The second-order valence-corrected chi connectivity index (χ2v) is 8.70. The summed E-state index contributed by atoms with van der Waals surface area (Å²) in [7, 11) is -1.54. The van der Waals surface area contributed by atoms with Crippen LogP contribution in [0.3, 0.4) is 0 Å². The maximum Gasteiger partial charge on any atom is 0.261 e. The lowest BCUT2D eigenvalue weighted by molar-refractivity contribution is 0.456. The number of likely N-dealkylation sites (tertiary alicyclic amines) is 1. The van der Waals surface area contributed by atoms with Crippen molar-refractivity contribution in [2.45, 2.75) is 18.8 Å². The monoisotopic (exact) mass is 414 g/mol. The summed E-state index contributed by atoms with van der Waals surface area (Å²) in [6, 6.07) is 20.9. The van der Waals surface area contributed by atoms with Crippen LogP contribution < -0.4 is 0 Å². The number of fused-ring (bicyclic) bond motifs is 1. The molecule has 0 aliphatic carbocycles. The standard InChI is InChI=1S/C21H22N2O.CH4O3S/c1-23-15-18(20-13-17-9-5-6-10-19(17)24-20)14-21(23)22-12-11-16-7-3-2-4-8-16;1-5(2,3)4/h2-10,13,18H,11-12,14-15H2,1H3;1H3,(H,2,3,4). The van der Waals surface area contributed by atoms with E-state index in [1.165, 1.54) is 16.8 Å². The highest BCUT2D eigenvalue weighted by Crippen LogP contribution is 2.32. The molecular weight excluding hydrogens is 388 g/mol. The fraction of sp³-hybridized carbons (Fsp3) is 0.318. The van der Waals surface area contributed by atoms with Crippen LogP contribution in [-0.2, 0) is 16.5 Å². The van der Waals surface area contributed by atoms with Crippen LogP contribution in [0.5, 0.6) is 0 Å². The molecule has 29 heavy (non-hydrogen) atoms. The van der Waals surface area contributed by atoms with Crippen LogP contribution in [-0.4, -0.2) is 50.1 Å². The summed E-state index contributed by atoms with van der Waals surface area (Å²) in [5, 5.41) is 1.18. The lowest BCUT2D eigenvalue weighted by atomic mass is 10.1. The first kappa shape index (κ1) is 21.1. The average Bonchev–Trinajstić information content (AvgIpc) is 3.25. The molecule has 154 valence electrons. The van der Waals surface area contributed by atoms with Gasteiger partial charge >= 0.3 is 0 Å². The van der Waals surface area contributed by atoms with Gasteiger partial charge in [-0.25, -0.2) is 0 Å². The molecule has 0 bridgehead atoms. The summed E-state index contributed by atoms with van der Waals surface area (Å²) in [6.07, 6.45) is 2.67. The number of hydrogen-bond donors (Lipinski definition) is 1. The molecule has 1 aliphatic rings. The third-order valence-electron chi connectivity index (χ3n) is 4.75. The first-order valence-corrected chi connectivity index (χ1v) is 11.3. The molecular formula is C22H26N2O4S. The number of furan rings is 1. The number of amidine groups is 1. The minimum Gasteiger partial charge on any atom is -0.461 e. The van der Waals surface area contributed by atoms with E-state index < -0.39 is 10.1 Å². The Morgan fingerprint density at radius 3 is 2.48 bits per heavy atom. The van der Waals surface area contributed by atoms with Gasteiger partial charge in [0.15, 0.2) is 0 Å². The van der Waals surface area contributed by atoms with Crippen molar-refractivity contribution in [2.24, 2.45) is 4.99 Å². The van der Waals surface area contributed by atoms with Crippen molar-refractivity contribution in [3.8, 4) is 0 Å². The van der Waals surface area contributed by atoms with Gasteiger partial charge in [0, 0.05) is 37.9 Å². The molecule has 6 nitrogen and oxygen atoms in total. The molecule has 1 aromatic heterocycles. The van der Waals surface area contributed by atoms with E-state index >= 15 is 0 Å². The Bertz CT molecular complexity index is 1030. The Hall–Kier alpha value is -2.64. The zero-order valence-corrected chi connectivity index (χ0v) is 17.5. The Labute approximate surface area is 171 Å². The van der Waals surface area contributed by atoms with E-state index in [9.17, 15) is 8.42 Å². The van der Waals surface area contributed by atoms with Crippen LogP contribution in [0.15, 0.2) is 70.1 Å². The van der Waals surface area contributed by atoms with Gasteiger partial charge in [0.05, 0.1) is 12.1 Å². The third-order valence-corrected chi connectivity index (χ3v) is 4.75. The van der Waals surface area contributed by atoms with Crippen LogP contribution >= 0.6 is 0 Å². The van der Waals surface area contributed by atoms with Gasteiger partial charge in [0.25, 0.3) is 10.1 Å². The lowest BCUT2D eigenvalue weighted by Crippen LogP contribution is -2.20. The SMILES string of the molecule is CN1CC(c2cc3ccccc3o2)CC1=NCCc1ccccc1.CS(=O)(=O)O. The zero-order chi connectivity index (χ0) is 20.9. The van der Waals surface area contributed by atoms with Crippen molar-refractivity contribution >= 4 is 26.9 Å². The van der Waals surface area contributed by atoms with Crippen LogP contribution in [0.4, 0.5) is 0 Å². The summed E-state index contributed by atoms with van der Waals surface area (Å²) < 4.78 is 31.9. The Morgan fingerprint density at radius 2 is 1.79 bits per heavy atom. The van der Waals surface area contributed by atoms with Crippen molar-refractivity contribution in [1.29, 1.82) is 0 Å². The molecule has 4 rings (SSSR count). The minimum atomic E-state index is -3.67. The second kappa shape index (κ2) is 9.24. The molecule has 1 unspecified atom stereocenters. The fourth-order valence-corrected chi connectivity index (χ4v) is 3.41. The van der Waals surface area contributed by atoms with Gasteiger partial charge in [-0.05, 0) is 24.1 Å². The molecule has 1 aliphatic heterocycles. The summed E-state index contributed by atoms with van der Waals surface area (Å²) in [5.74, 6) is 2.67. The normalized spacial score (nSPS) is 18.1. The Kier molecular flexibility index (Phi) is 6.71. The van der Waals surface area contributed by atoms with Gasteiger partial charge in [-0.3, -0.25) is 9.55 Å². The van der Waals surface area contributed by atoms with Gasteiger partial charge in [-0.2, -0.15) is 8.42 Å². The van der Waals surface area contributed by atoms with Crippen molar-refractivity contribution in [1.82, 2.24) is 4.90 Å². The highest BCUT2D eigenvalue weighted by Gasteiger charge is 2.28. The quantitative estimate of drug-likeness (QED) is 0.653. The van der Waals surface area contributed by atoms with Crippen LogP contribution in [0.2, 0.25) is 0 Å². The molecule has 2 heterocycles.